The molecule has 3 heterocycles. The highest BCUT2D eigenvalue weighted by Gasteiger charge is 2.43. The van der Waals surface area contributed by atoms with Crippen molar-refractivity contribution < 1.29 is 23.5 Å². The van der Waals surface area contributed by atoms with Gasteiger partial charge in [0.1, 0.15) is 11.3 Å². The average molecular weight is 336 g/mol. The number of aryl methyl sites for hydroxylation is 1. The zero-order chi connectivity index (χ0) is 16.4. The van der Waals surface area contributed by atoms with Gasteiger partial charge in [-0.15, -0.1) is 0 Å². The first kappa shape index (κ1) is 15.7. The third kappa shape index (κ3) is 3.12. The summed E-state index contributed by atoms with van der Waals surface area (Å²) in [6, 6.07) is 3.43. The predicted molar refractivity (Wildman–Crippen MR) is 83.1 cm³/mol. The molecule has 2 aromatic rings. The summed E-state index contributed by atoms with van der Waals surface area (Å²) >= 11 is 1.52. The number of oxazole rings is 1. The van der Waals surface area contributed by atoms with Crippen LogP contribution in [0.2, 0.25) is 0 Å². The van der Waals surface area contributed by atoms with Crippen LogP contribution in [0.3, 0.4) is 0 Å². The number of thioether (sulfide) groups is 1. The number of nitrogens with zero attached hydrogens (tertiary/aromatic N) is 1. The number of carboxylic acids is 1. The van der Waals surface area contributed by atoms with Crippen LogP contribution in [0.15, 0.2) is 27.2 Å². The molecular weight excluding hydrogens is 320 g/mol. The molecule has 1 aliphatic rings. The van der Waals surface area contributed by atoms with Crippen molar-refractivity contribution in [3.63, 3.8) is 0 Å². The molecule has 1 fully saturated rings. The highest BCUT2D eigenvalue weighted by Crippen LogP contribution is 2.28. The molecule has 0 spiro atoms. The van der Waals surface area contributed by atoms with Crippen LogP contribution in [0, 0.1) is 6.92 Å². The Morgan fingerprint density at radius 1 is 1.52 bits per heavy atom. The van der Waals surface area contributed by atoms with Crippen molar-refractivity contribution in [2.45, 2.75) is 25.3 Å². The van der Waals surface area contributed by atoms with Gasteiger partial charge in [0.05, 0.1) is 18.4 Å². The van der Waals surface area contributed by atoms with Crippen molar-refractivity contribution in [1.29, 1.82) is 0 Å². The first-order valence-corrected chi connectivity index (χ1v) is 8.28. The number of hydrogen-bond donors (Lipinski definition) is 2. The number of rotatable bonds is 5. The smallest absolute Gasteiger partial charge is 0.330 e. The number of nitrogens with one attached hydrogen (secondary N) is 1. The van der Waals surface area contributed by atoms with E-state index < -0.39 is 11.5 Å². The van der Waals surface area contributed by atoms with E-state index in [0.717, 1.165) is 5.75 Å². The van der Waals surface area contributed by atoms with Crippen molar-refractivity contribution in [1.82, 2.24) is 10.3 Å². The lowest BCUT2D eigenvalue weighted by atomic mass is 9.99. The monoisotopic (exact) mass is 336 g/mol. The third-order valence-electron chi connectivity index (χ3n) is 3.76. The molecule has 8 heteroatoms. The van der Waals surface area contributed by atoms with Crippen LogP contribution in [0.4, 0.5) is 0 Å². The lowest BCUT2D eigenvalue weighted by Gasteiger charge is -2.24. The third-order valence-corrected chi connectivity index (χ3v) is 4.95. The Bertz CT molecular complexity index is 716. The molecule has 1 aliphatic heterocycles. The molecule has 7 nitrogen and oxygen atoms in total. The van der Waals surface area contributed by atoms with E-state index in [2.05, 4.69) is 10.3 Å². The normalized spacial score (nSPS) is 20.6. The molecule has 1 atom stereocenters. The Morgan fingerprint density at radius 2 is 2.35 bits per heavy atom. The van der Waals surface area contributed by atoms with Gasteiger partial charge in [-0.05, 0) is 31.2 Å². The molecule has 0 aliphatic carbocycles. The van der Waals surface area contributed by atoms with Crippen molar-refractivity contribution in [2.75, 3.05) is 11.5 Å². The van der Waals surface area contributed by atoms with Gasteiger partial charge < -0.3 is 19.3 Å². The minimum atomic E-state index is -1.18. The lowest BCUT2D eigenvalue weighted by molar-refractivity contribution is -0.146. The molecule has 0 bridgehead atoms. The lowest BCUT2D eigenvalue weighted by Crippen LogP contribution is -2.55. The van der Waals surface area contributed by atoms with Crippen LogP contribution in [-0.2, 0) is 16.0 Å². The van der Waals surface area contributed by atoms with Crippen LogP contribution in [0.1, 0.15) is 17.9 Å². The number of carboxylic acid groups (broad SMARTS) is 1. The molecular formula is C15H16N2O5S. The second kappa shape index (κ2) is 6.11. The van der Waals surface area contributed by atoms with Gasteiger partial charge in [-0.3, -0.25) is 4.79 Å². The first-order chi connectivity index (χ1) is 11.0. The maximum atomic E-state index is 12.2. The van der Waals surface area contributed by atoms with Crippen LogP contribution >= 0.6 is 11.8 Å². The van der Waals surface area contributed by atoms with Gasteiger partial charge in [-0.2, -0.15) is 11.8 Å². The van der Waals surface area contributed by atoms with E-state index in [1.165, 1.54) is 18.0 Å². The zero-order valence-electron chi connectivity index (χ0n) is 12.5. The first-order valence-electron chi connectivity index (χ1n) is 7.12. The molecule has 0 saturated carbocycles. The molecule has 1 amide bonds. The largest absolute Gasteiger partial charge is 0.479 e. The van der Waals surface area contributed by atoms with E-state index >= 15 is 0 Å². The van der Waals surface area contributed by atoms with E-state index in [1.807, 2.05) is 0 Å². The van der Waals surface area contributed by atoms with Crippen molar-refractivity contribution in [2.24, 2.45) is 0 Å². The topological polar surface area (TPSA) is 106 Å². The minimum Gasteiger partial charge on any atom is -0.479 e. The maximum absolute atomic E-state index is 12.2. The van der Waals surface area contributed by atoms with Crippen molar-refractivity contribution >= 4 is 23.6 Å². The average Bonchev–Trinajstić information content (AvgIpc) is 3.21. The number of hydrogen-bond acceptors (Lipinski definition) is 6. The molecule has 1 saturated heterocycles. The molecule has 3 rings (SSSR count). The second-order valence-corrected chi connectivity index (χ2v) is 6.52. The number of aromatic nitrogens is 1. The van der Waals surface area contributed by atoms with E-state index in [4.69, 9.17) is 8.83 Å². The SMILES string of the molecule is Cc1oc(-c2ccco2)nc1CC(=O)NC1(C(=O)O)CCSC1. The summed E-state index contributed by atoms with van der Waals surface area (Å²) in [5.41, 5.74) is -0.705. The molecule has 0 aromatic carbocycles. The Balaban J connectivity index is 1.72. The van der Waals surface area contributed by atoms with Gasteiger partial charge in [0.25, 0.3) is 5.89 Å². The molecule has 0 radical (unpaired) electrons. The summed E-state index contributed by atoms with van der Waals surface area (Å²) in [5.74, 6) is 1.02. The van der Waals surface area contributed by atoms with Crippen LogP contribution in [0.25, 0.3) is 11.7 Å². The van der Waals surface area contributed by atoms with Crippen LogP contribution in [-0.4, -0.2) is 39.0 Å². The van der Waals surface area contributed by atoms with Gasteiger partial charge >= 0.3 is 5.97 Å². The standard InChI is InChI=1S/C15H16N2O5S/c1-9-10(16-13(22-9)11-3-2-5-21-11)7-12(18)17-15(14(19)20)4-6-23-8-15/h2-3,5H,4,6-8H2,1H3,(H,17,18)(H,19,20). The van der Waals surface area contributed by atoms with Crippen molar-refractivity contribution in [3.8, 4) is 11.7 Å². The molecule has 1 unspecified atom stereocenters. The number of carbonyl (C=O) groups is 2. The quantitative estimate of drug-likeness (QED) is 0.858. The van der Waals surface area contributed by atoms with Gasteiger partial charge in [0.2, 0.25) is 5.91 Å². The molecule has 2 aromatic heterocycles. The molecule has 2 N–H and O–H groups in total. The molecule has 122 valence electrons. The highest BCUT2D eigenvalue weighted by molar-refractivity contribution is 7.99. The number of amides is 1. The van der Waals surface area contributed by atoms with E-state index in [9.17, 15) is 14.7 Å². The Labute approximate surface area is 136 Å². The zero-order valence-corrected chi connectivity index (χ0v) is 13.3. The van der Waals surface area contributed by atoms with Gasteiger partial charge in [0, 0.05) is 5.75 Å². The Hall–Kier alpha value is -2.22. The minimum absolute atomic E-state index is 0.0320. The Morgan fingerprint density at radius 3 is 2.96 bits per heavy atom. The van der Waals surface area contributed by atoms with Gasteiger partial charge in [-0.25, -0.2) is 9.78 Å². The summed E-state index contributed by atoms with van der Waals surface area (Å²) in [6.07, 6.45) is 1.90. The molecule has 23 heavy (non-hydrogen) atoms. The van der Waals surface area contributed by atoms with E-state index in [-0.39, 0.29) is 12.3 Å². The van der Waals surface area contributed by atoms with Crippen LogP contribution < -0.4 is 5.32 Å². The summed E-state index contributed by atoms with van der Waals surface area (Å²) in [7, 11) is 0. The Kier molecular flexibility index (Phi) is 4.16. The highest BCUT2D eigenvalue weighted by atomic mass is 32.2. The fourth-order valence-electron chi connectivity index (χ4n) is 2.45. The fraction of sp³-hybridized carbons (Fsp3) is 0.400. The summed E-state index contributed by atoms with van der Waals surface area (Å²) < 4.78 is 10.7. The van der Waals surface area contributed by atoms with Gasteiger partial charge in [-0.1, -0.05) is 0 Å². The summed E-state index contributed by atoms with van der Waals surface area (Å²) in [6.45, 7) is 1.71. The number of carbonyl (C=O) groups excluding carboxylic acids is 1. The fourth-order valence-corrected chi connectivity index (χ4v) is 3.77. The summed E-state index contributed by atoms with van der Waals surface area (Å²) in [5, 5.41) is 12.0. The predicted octanol–water partition coefficient (Wildman–Crippen LogP) is 1.86. The summed E-state index contributed by atoms with van der Waals surface area (Å²) in [4.78, 5) is 28.0. The number of aliphatic carboxylic acids is 1. The maximum Gasteiger partial charge on any atom is 0.330 e. The van der Waals surface area contributed by atoms with Crippen LogP contribution in [0.5, 0.6) is 0 Å². The van der Waals surface area contributed by atoms with Gasteiger partial charge in [0.15, 0.2) is 5.76 Å². The second-order valence-electron chi connectivity index (χ2n) is 5.41. The van der Waals surface area contributed by atoms with Crippen molar-refractivity contribution in [3.05, 3.63) is 29.9 Å². The van der Waals surface area contributed by atoms with E-state index in [1.54, 1.807) is 19.1 Å². The van der Waals surface area contributed by atoms with E-state index in [0.29, 0.717) is 35.3 Å². The number of furan rings is 1.